The average molecular weight is 358 g/mol. The molecule has 0 bridgehead atoms. The minimum Gasteiger partial charge on any atom is -0.444 e. The molecule has 0 N–H and O–H groups in total. The lowest BCUT2D eigenvalue weighted by Gasteiger charge is -2.41. The fraction of sp³-hybridized carbons (Fsp3) is 0.696. The predicted octanol–water partition coefficient (Wildman–Crippen LogP) is 6.03. The maximum absolute atomic E-state index is 12.4. The van der Waals surface area contributed by atoms with E-state index in [9.17, 15) is 4.79 Å². The van der Waals surface area contributed by atoms with Crippen molar-refractivity contribution in [3.8, 4) is 0 Å². The van der Waals surface area contributed by atoms with Crippen molar-refractivity contribution >= 4 is 6.09 Å². The van der Waals surface area contributed by atoms with Crippen LogP contribution in [0.15, 0.2) is 35.5 Å². The Balaban J connectivity index is 1.67. The van der Waals surface area contributed by atoms with Gasteiger partial charge >= 0.3 is 6.09 Å². The molecule has 1 fully saturated rings. The van der Waals surface area contributed by atoms with Gasteiger partial charge in [-0.1, -0.05) is 50.1 Å². The molecule has 0 aromatic carbocycles. The van der Waals surface area contributed by atoms with Crippen molar-refractivity contribution in [3.63, 3.8) is 0 Å². The molecule has 1 unspecified atom stereocenters. The summed E-state index contributed by atoms with van der Waals surface area (Å²) in [6, 6.07) is 0. The number of carbonyl (C=O) groups is 1. The minimum atomic E-state index is -0.426. The highest BCUT2D eigenvalue weighted by Gasteiger charge is 2.42. The van der Waals surface area contributed by atoms with E-state index in [0.717, 1.165) is 25.9 Å². The van der Waals surface area contributed by atoms with Gasteiger partial charge in [-0.3, -0.25) is 0 Å². The van der Waals surface area contributed by atoms with E-state index in [0.29, 0.717) is 5.41 Å². The van der Waals surface area contributed by atoms with Crippen molar-refractivity contribution < 1.29 is 9.53 Å². The summed E-state index contributed by atoms with van der Waals surface area (Å²) < 4.78 is 5.55. The molecule has 2 aliphatic carbocycles. The topological polar surface area (TPSA) is 29.5 Å². The van der Waals surface area contributed by atoms with Crippen LogP contribution in [0.1, 0.15) is 73.1 Å². The molecule has 0 aromatic heterocycles. The second-order valence-electron chi connectivity index (χ2n) is 9.63. The molecule has 3 heteroatoms. The molecular formula is C23H35NO2. The van der Waals surface area contributed by atoms with E-state index in [1.807, 2.05) is 25.7 Å². The van der Waals surface area contributed by atoms with Crippen LogP contribution in [0.25, 0.3) is 0 Å². The standard InChI is InChI=1S/C23H35NO2/c1-6-10-22(5)11-7-18-8-13-23(19(18)9-12-22)14-16-24(17-15-23)20(25)26-21(2,3)4/h7-8,11,13H,6,9-10,12,14-17H2,1-5H3. The third-order valence-corrected chi connectivity index (χ3v) is 6.27. The lowest BCUT2D eigenvalue weighted by atomic mass is 9.71. The molecule has 144 valence electrons. The SMILES string of the molecule is CCCC1(C)C=CC2=C(CC1)C1(C=C2)CCN(C(=O)OC(C)(C)C)CC1. The molecule has 1 amide bonds. The summed E-state index contributed by atoms with van der Waals surface area (Å²) in [6.07, 6.45) is 16.3. The van der Waals surface area contributed by atoms with E-state index < -0.39 is 5.60 Å². The first-order valence-electron chi connectivity index (χ1n) is 10.3. The number of piperidine rings is 1. The van der Waals surface area contributed by atoms with E-state index in [1.165, 1.54) is 31.3 Å². The molecule has 1 aliphatic heterocycles. The normalized spacial score (nSPS) is 27.7. The van der Waals surface area contributed by atoms with Gasteiger partial charge in [-0.25, -0.2) is 4.79 Å². The van der Waals surface area contributed by atoms with Crippen LogP contribution in [-0.2, 0) is 4.74 Å². The number of fused-ring (bicyclic) bond motifs is 1. The Hall–Kier alpha value is -1.51. The molecule has 1 saturated heterocycles. The Labute approximate surface area is 159 Å². The maximum Gasteiger partial charge on any atom is 0.410 e. The molecule has 26 heavy (non-hydrogen) atoms. The van der Waals surface area contributed by atoms with Crippen LogP contribution in [0.4, 0.5) is 4.79 Å². The Bertz CT molecular complexity index is 642. The quantitative estimate of drug-likeness (QED) is 0.604. The molecule has 1 spiro atoms. The van der Waals surface area contributed by atoms with Crippen molar-refractivity contribution in [3.05, 3.63) is 35.5 Å². The van der Waals surface area contributed by atoms with E-state index in [4.69, 9.17) is 4.74 Å². The van der Waals surface area contributed by atoms with Gasteiger partial charge in [-0.05, 0) is 63.9 Å². The summed E-state index contributed by atoms with van der Waals surface area (Å²) in [5.74, 6) is 0. The highest BCUT2D eigenvalue weighted by molar-refractivity contribution is 5.68. The van der Waals surface area contributed by atoms with E-state index in [1.54, 1.807) is 5.57 Å². The zero-order valence-electron chi connectivity index (χ0n) is 17.2. The second-order valence-corrected chi connectivity index (χ2v) is 9.63. The smallest absolute Gasteiger partial charge is 0.410 e. The number of hydrogen-bond donors (Lipinski definition) is 0. The summed E-state index contributed by atoms with van der Waals surface area (Å²) in [4.78, 5) is 14.3. The van der Waals surface area contributed by atoms with Gasteiger partial charge < -0.3 is 9.64 Å². The Kier molecular flexibility index (Phi) is 5.11. The molecular weight excluding hydrogens is 322 g/mol. The third kappa shape index (κ3) is 3.92. The zero-order chi connectivity index (χ0) is 19.0. The van der Waals surface area contributed by atoms with Crippen LogP contribution in [0.3, 0.4) is 0 Å². The predicted molar refractivity (Wildman–Crippen MR) is 107 cm³/mol. The Morgan fingerprint density at radius 1 is 1.15 bits per heavy atom. The maximum atomic E-state index is 12.4. The van der Waals surface area contributed by atoms with Crippen molar-refractivity contribution in [1.82, 2.24) is 4.90 Å². The zero-order valence-corrected chi connectivity index (χ0v) is 17.2. The number of ether oxygens (including phenoxy) is 1. The number of allylic oxidation sites excluding steroid dienone is 6. The number of nitrogens with zero attached hydrogens (tertiary/aromatic N) is 1. The fourth-order valence-corrected chi connectivity index (χ4v) is 4.73. The van der Waals surface area contributed by atoms with Crippen LogP contribution in [-0.4, -0.2) is 29.7 Å². The summed E-state index contributed by atoms with van der Waals surface area (Å²) in [5, 5.41) is 0. The van der Waals surface area contributed by atoms with Crippen molar-refractivity contribution in [1.29, 1.82) is 0 Å². The van der Waals surface area contributed by atoms with Crippen LogP contribution in [0, 0.1) is 10.8 Å². The Morgan fingerprint density at radius 2 is 1.81 bits per heavy atom. The molecule has 0 aromatic rings. The van der Waals surface area contributed by atoms with Gasteiger partial charge in [0, 0.05) is 18.5 Å². The van der Waals surface area contributed by atoms with E-state index in [-0.39, 0.29) is 11.5 Å². The lowest BCUT2D eigenvalue weighted by molar-refractivity contribution is 0.0163. The lowest BCUT2D eigenvalue weighted by Crippen LogP contribution is -2.45. The van der Waals surface area contributed by atoms with Crippen LogP contribution in [0.5, 0.6) is 0 Å². The van der Waals surface area contributed by atoms with Gasteiger partial charge in [0.25, 0.3) is 0 Å². The summed E-state index contributed by atoms with van der Waals surface area (Å²) in [5.41, 5.74) is 3.10. The molecule has 3 rings (SSSR count). The number of amides is 1. The number of likely N-dealkylation sites (tertiary alicyclic amines) is 1. The van der Waals surface area contributed by atoms with Crippen LogP contribution in [0.2, 0.25) is 0 Å². The first-order chi connectivity index (χ1) is 12.2. The number of carbonyl (C=O) groups excluding carboxylic acids is 1. The van der Waals surface area contributed by atoms with E-state index >= 15 is 0 Å². The Morgan fingerprint density at radius 3 is 2.42 bits per heavy atom. The summed E-state index contributed by atoms with van der Waals surface area (Å²) in [6.45, 7) is 12.0. The largest absolute Gasteiger partial charge is 0.444 e. The number of hydrogen-bond acceptors (Lipinski definition) is 2. The molecule has 3 aliphatic rings. The van der Waals surface area contributed by atoms with Gasteiger partial charge in [0.05, 0.1) is 0 Å². The average Bonchev–Trinajstić information content (AvgIpc) is 2.77. The monoisotopic (exact) mass is 357 g/mol. The van der Waals surface area contributed by atoms with Gasteiger partial charge in [0.15, 0.2) is 0 Å². The highest BCUT2D eigenvalue weighted by atomic mass is 16.6. The highest BCUT2D eigenvalue weighted by Crippen LogP contribution is 2.51. The first-order valence-corrected chi connectivity index (χ1v) is 10.3. The van der Waals surface area contributed by atoms with E-state index in [2.05, 4.69) is 38.2 Å². The van der Waals surface area contributed by atoms with Crippen LogP contribution < -0.4 is 0 Å². The van der Waals surface area contributed by atoms with Crippen molar-refractivity contribution in [2.75, 3.05) is 13.1 Å². The molecule has 1 heterocycles. The third-order valence-electron chi connectivity index (χ3n) is 6.27. The van der Waals surface area contributed by atoms with Gasteiger partial charge in [-0.2, -0.15) is 0 Å². The van der Waals surface area contributed by atoms with Gasteiger partial charge in [-0.15, -0.1) is 0 Å². The molecule has 0 radical (unpaired) electrons. The summed E-state index contributed by atoms with van der Waals surface area (Å²) in [7, 11) is 0. The second kappa shape index (κ2) is 6.90. The van der Waals surface area contributed by atoms with Gasteiger partial charge in [0.1, 0.15) is 5.60 Å². The molecule has 1 atom stereocenters. The molecule has 3 nitrogen and oxygen atoms in total. The summed E-state index contributed by atoms with van der Waals surface area (Å²) >= 11 is 0. The van der Waals surface area contributed by atoms with Crippen LogP contribution >= 0.6 is 0 Å². The first kappa shape index (κ1) is 19.3. The van der Waals surface area contributed by atoms with Gasteiger partial charge in [0.2, 0.25) is 0 Å². The fourth-order valence-electron chi connectivity index (χ4n) is 4.73. The minimum absolute atomic E-state index is 0.162. The number of rotatable bonds is 2. The molecule has 0 saturated carbocycles. The van der Waals surface area contributed by atoms with Crippen molar-refractivity contribution in [2.45, 2.75) is 78.7 Å². The van der Waals surface area contributed by atoms with Crippen molar-refractivity contribution in [2.24, 2.45) is 10.8 Å².